The molecule has 0 atom stereocenters. The molecule has 8 nitrogen and oxygen atoms in total. The molecule has 2 N–H and O–H groups in total. The quantitative estimate of drug-likeness (QED) is 0.448. The van der Waals surface area contributed by atoms with Gasteiger partial charge in [-0.1, -0.05) is 41.9 Å². The van der Waals surface area contributed by atoms with Crippen LogP contribution in [0.25, 0.3) is 16.7 Å². The van der Waals surface area contributed by atoms with Crippen molar-refractivity contribution < 1.29 is 9.53 Å². The topological polar surface area (TPSA) is 97.2 Å². The van der Waals surface area contributed by atoms with Crippen LogP contribution in [0.2, 0.25) is 5.15 Å². The van der Waals surface area contributed by atoms with E-state index in [9.17, 15) is 4.79 Å². The van der Waals surface area contributed by atoms with Gasteiger partial charge in [0, 0.05) is 6.07 Å². The number of halogens is 1. The molecule has 1 amide bonds. The molecule has 0 aliphatic rings. The number of aromatic amines is 1. The van der Waals surface area contributed by atoms with Crippen molar-refractivity contribution in [3.8, 4) is 5.75 Å². The molecule has 0 saturated carbocycles. The second-order valence-corrected chi connectivity index (χ2v) is 6.96. The number of rotatable bonds is 5. The van der Waals surface area contributed by atoms with Gasteiger partial charge in [-0.15, -0.1) is 0 Å². The van der Waals surface area contributed by atoms with Gasteiger partial charge >= 0.3 is 0 Å². The highest BCUT2D eigenvalue weighted by Gasteiger charge is 2.14. The lowest BCUT2D eigenvalue weighted by Gasteiger charge is -2.05. The van der Waals surface area contributed by atoms with Crippen molar-refractivity contribution in [2.75, 3.05) is 5.32 Å². The molecule has 3 aromatic heterocycles. The number of anilines is 1. The lowest BCUT2D eigenvalue weighted by Crippen LogP contribution is -2.13. The number of nitrogens with zero attached hydrogens (tertiary/aromatic N) is 4. The number of carbonyl (C=O) groups is 1. The zero-order valence-electron chi connectivity index (χ0n) is 15.5. The summed E-state index contributed by atoms with van der Waals surface area (Å²) in [6.07, 6.45) is 1.51. The first-order chi connectivity index (χ1) is 14.6. The van der Waals surface area contributed by atoms with E-state index < -0.39 is 5.91 Å². The first-order valence-electron chi connectivity index (χ1n) is 9.14. The van der Waals surface area contributed by atoms with Crippen molar-refractivity contribution in [1.82, 2.24) is 24.6 Å². The third kappa shape index (κ3) is 3.68. The lowest BCUT2D eigenvalue weighted by atomic mass is 10.2. The largest absolute Gasteiger partial charge is 0.489 e. The van der Waals surface area contributed by atoms with Gasteiger partial charge in [0.1, 0.15) is 23.2 Å². The van der Waals surface area contributed by atoms with Crippen LogP contribution in [0.4, 0.5) is 5.95 Å². The Morgan fingerprint density at radius 2 is 1.97 bits per heavy atom. The Labute approximate surface area is 175 Å². The Bertz CT molecular complexity index is 1360. The fraction of sp³-hybridized carbons (Fsp3) is 0.0476. The lowest BCUT2D eigenvalue weighted by molar-refractivity contribution is 0.102. The molecule has 0 radical (unpaired) electrons. The third-order valence-corrected chi connectivity index (χ3v) is 4.66. The summed E-state index contributed by atoms with van der Waals surface area (Å²) in [5, 5.41) is 7.10. The third-order valence-electron chi connectivity index (χ3n) is 4.45. The van der Waals surface area contributed by atoms with Crippen molar-refractivity contribution in [1.29, 1.82) is 0 Å². The molecule has 0 unspecified atom stereocenters. The smallest absolute Gasteiger partial charge is 0.278 e. The van der Waals surface area contributed by atoms with Crippen LogP contribution in [-0.2, 0) is 6.61 Å². The van der Waals surface area contributed by atoms with Crippen LogP contribution in [0.5, 0.6) is 5.75 Å². The van der Waals surface area contributed by atoms with Crippen molar-refractivity contribution in [3.05, 3.63) is 83.3 Å². The molecule has 0 aliphatic heterocycles. The molecule has 3 heterocycles. The maximum Gasteiger partial charge on any atom is 0.278 e. The maximum absolute atomic E-state index is 12.5. The predicted octanol–water partition coefficient (Wildman–Crippen LogP) is 4.09. The van der Waals surface area contributed by atoms with Gasteiger partial charge in [-0.2, -0.15) is 5.10 Å². The molecule has 0 fully saturated rings. The average molecular weight is 419 g/mol. The minimum atomic E-state index is -0.406. The number of carbonyl (C=O) groups excluding carboxylic acids is 1. The summed E-state index contributed by atoms with van der Waals surface area (Å²) in [5.41, 5.74) is 3.27. The van der Waals surface area contributed by atoms with Crippen LogP contribution in [0.15, 0.2) is 66.9 Å². The monoisotopic (exact) mass is 418 g/mol. The van der Waals surface area contributed by atoms with E-state index >= 15 is 0 Å². The van der Waals surface area contributed by atoms with Crippen molar-refractivity contribution in [2.45, 2.75) is 6.61 Å². The fourth-order valence-corrected chi connectivity index (χ4v) is 3.16. The maximum atomic E-state index is 12.5. The summed E-state index contributed by atoms with van der Waals surface area (Å²) in [4.78, 5) is 24.3. The van der Waals surface area contributed by atoms with Gasteiger partial charge < -0.3 is 9.72 Å². The van der Waals surface area contributed by atoms with Crippen LogP contribution >= 0.6 is 11.6 Å². The molecule has 148 valence electrons. The SMILES string of the molecule is O=C(Nc1nc2ccc(OCc3ccccc3)cc2[nH]1)c1cn2nc(Cl)ccc2n1. The van der Waals surface area contributed by atoms with Gasteiger partial charge in [-0.3, -0.25) is 10.1 Å². The molecule has 0 aliphatic carbocycles. The van der Waals surface area contributed by atoms with Gasteiger partial charge in [0.25, 0.3) is 5.91 Å². The minimum absolute atomic E-state index is 0.206. The Balaban J connectivity index is 1.32. The number of hydrogen-bond acceptors (Lipinski definition) is 5. The van der Waals surface area contributed by atoms with Crippen LogP contribution in [0.3, 0.4) is 0 Å². The molecular formula is C21H15ClN6O2. The Hall–Kier alpha value is -3.91. The molecule has 5 rings (SSSR count). The molecule has 9 heteroatoms. The number of hydrogen-bond donors (Lipinski definition) is 2. The zero-order chi connectivity index (χ0) is 20.5. The summed E-state index contributed by atoms with van der Waals surface area (Å²) >= 11 is 5.87. The Kier molecular flexibility index (Phi) is 4.53. The first kappa shape index (κ1) is 18.1. The number of fused-ring (bicyclic) bond motifs is 2. The van der Waals surface area contributed by atoms with Crippen LogP contribution in [-0.4, -0.2) is 30.5 Å². The number of imidazole rings is 2. The van der Waals surface area contributed by atoms with E-state index in [2.05, 4.69) is 25.4 Å². The predicted molar refractivity (Wildman–Crippen MR) is 113 cm³/mol. The van der Waals surface area contributed by atoms with Crippen molar-refractivity contribution in [2.24, 2.45) is 0 Å². The molecule has 5 aromatic rings. The first-order valence-corrected chi connectivity index (χ1v) is 9.52. The highest BCUT2D eigenvalue weighted by Crippen LogP contribution is 2.22. The van der Waals surface area contributed by atoms with E-state index in [1.54, 1.807) is 12.1 Å². The number of amides is 1. The highest BCUT2D eigenvalue weighted by atomic mass is 35.5. The summed E-state index contributed by atoms with van der Waals surface area (Å²) in [6.45, 7) is 0.468. The number of benzene rings is 2. The van der Waals surface area contributed by atoms with E-state index in [-0.39, 0.29) is 5.69 Å². The summed E-state index contributed by atoms with van der Waals surface area (Å²) in [7, 11) is 0. The number of aromatic nitrogens is 5. The zero-order valence-corrected chi connectivity index (χ0v) is 16.3. The van der Waals surface area contributed by atoms with Crippen molar-refractivity contribution in [3.63, 3.8) is 0 Å². The van der Waals surface area contributed by atoms with E-state index in [1.807, 2.05) is 48.5 Å². The second kappa shape index (κ2) is 7.49. The number of H-pyrrole nitrogens is 1. The minimum Gasteiger partial charge on any atom is -0.489 e. The van der Waals surface area contributed by atoms with Crippen LogP contribution < -0.4 is 10.1 Å². The summed E-state index contributed by atoms with van der Waals surface area (Å²) in [5.74, 6) is 0.616. The summed E-state index contributed by atoms with van der Waals surface area (Å²) < 4.78 is 7.29. The number of nitrogens with one attached hydrogen (secondary N) is 2. The summed E-state index contributed by atoms with van der Waals surface area (Å²) in [6, 6.07) is 18.7. The molecule has 0 spiro atoms. The molecule has 30 heavy (non-hydrogen) atoms. The Morgan fingerprint density at radius 3 is 2.83 bits per heavy atom. The van der Waals surface area contributed by atoms with Gasteiger partial charge in [0.05, 0.1) is 17.2 Å². The highest BCUT2D eigenvalue weighted by molar-refractivity contribution is 6.29. The van der Waals surface area contributed by atoms with Gasteiger partial charge in [0.15, 0.2) is 5.65 Å². The molecule has 0 bridgehead atoms. The van der Waals surface area contributed by atoms with Gasteiger partial charge in [-0.25, -0.2) is 14.5 Å². The molecule has 2 aromatic carbocycles. The van der Waals surface area contributed by atoms with Gasteiger partial charge in [0.2, 0.25) is 5.95 Å². The van der Waals surface area contributed by atoms with Gasteiger partial charge in [-0.05, 0) is 29.8 Å². The molecule has 0 saturated heterocycles. The standard InChI is InChI=1S/C21H15ClN6O2/c22-18-8-9-19-23-17(11-28(19)27-18)20(29)26-21-24-15-7-6-14(10-16(15)25-21)30-12-13-4-2-1-3-5-13/h1-11H,12H2,(H2,24,25,26,29). The average Bonchev–Trinajstić information content (AvgIpc) is 3.35. The van der Waals surface area contributed by atoms with Crippen LogP contribution in [0, 0.1) is 0 Å². The molecular weight excluding hydrogens is 404 g/mol. The number of ether oxygens (including phenoxy) is 1. The van der Waals surface area contributed by atoms with Crippen LogP contribution in [0.1, 0.15) is 16.1 Å². The van der Waals surface area contributed by atoms with Crippen molar-refractivity contribution >= 4 is 40.1 Å². The fourth-order valence-electron chi connectivity index (χ4n) is 3.02. The van der Waals surface area contributed by atoms with E-state index in [4.69, 9.17) is 16.3 Å². The van der Waals surface area contributed by atoms with E-state index in [1.165, 1.54) is 10.7 Å². The second-order valence-electron chi connectivity index (χ2n) is 6.58. The van der Waals surface area contributed by atoms with E-state index in [0.717, 1.165) is 11.1 Å². The normalized spacial score (nSPS) is 11.1. The van der Waals surface area contributed by atoms with E-state index in [0.29, 0.717) is 34.6 Å². The Morgan fingerprint density at radius 1 is 1.10 bits per heavy atom.